The second-order valence-electron chi connectivity index (χ2n) is 8.96. The first kappa shape index (κ1) is 28.5. The molecule has 0 N–H and O–H groups in total. The summed E-state index contributed by atoms with van der Waals surface area (Å²) >= 11 is 7.49. The fourth-order valence-electron chi connectivity index (χ4n) is 4.13. The van der Waals surface area contributed by atoms with Crippen LogP contribution in [0.25, 0.3) is 20.3 Å². The SMILES string of the molecule is CCCCCCc1cc(-c2sc(Br)cc2CCCCCC)sc1-c1cn(CCOCCOC)nn1. The second-order valence-corrected chi connectivity index (χ2v) is 12.4. The summed E-state index contributed by atoms with van der Waals surface area (Å²) in [5, 5.41) is 8.93. The number of aromatic nitrogens is 3. The Morgan fingerprint density at radius 3 is 2.26 bits per heavy atom. The smallest absolute Gasteiger partial charge is 0.123 e. The first-order chi connectivity index (χ1) is 17.2. The normalized spacial score (nSPS) is 11.5. The van der Waals surface area contributed by atoms with E-state index < -0.39 is 0 Å². The highest BCUT2D eigenvalue weighted by molar-refractivity contribution is 9.11. The molecule has 3 aromatic rings. The number of hydrogen-bond acceptors (Lipinski definition) is 6. The van der Waals surface area contributed by atoms with E-state index in [9.17, 15) is 0 Å². The van der Waals surface area contributed by atoms with Crippen LogP contribution in [0.5, 0.6) is 0 Å². The van der Waals surface area contributed by atoms with E-state index in [1.807, 2.05) is 27.4 Å². The van der Waals surface area contributed by atoms with Gasteiger partial charge < -0.3 is 9.47 Å². The Labute approximate surface area is 227 Å². The van der Waals surface area contributed by atoms with Gasteiger partial charge in [0.2, 0.25) is 0 Å². The van der Waals surface area contributed by atoms with Gasteiger partial charge >= 0.3 is 0 Å². The molecule has 0 bridgehead atoms. The summed E-state index contributed by atoms with van der Waals surface area (Å²) in [6, 6.07) is 4.75. The topological polar surface area (TPSA) is 49.2 Å². The molecule has 0 aliphatic heterocycles. The first-order valence-electron chi connectivity index (χ1n) is 13.0. The number of halogens is 1. The quantitative estimate of drug-likeness (QED) is 0.141. The van der Waals surface area contributed by atoms with Gasteiger partial charge in [-0.05, 0) is 64.9 Å². The minimum absolute atomic E-state index is 0.603. The van der Waals surface area contributed by atoms with Gasteiger partial charge in [-0.25, -0.2) is 4.68 Å². The predicted molar refractivity (Wildman–Crippen MR) is 153 cm³/mol. The lowest BCUT2D eigenvalue weighted by Crippen LogP contribution is -2.09. The van der Waals surface area contributed by atoms with E-state index in [1.54, 1.807) is 7.11 Å². The highest BCUT2D eigenvalue weighted by Crippen LogP contribution is 2.44. The third kappa shape index (κ3) is 9.08. The molecule has 3 rings (SSSR count). The van der Waals surface area contributed by atoms with Crippen LogP contribution in [-0.2, 0) is 28.9 Å². The van der Waals surface area contributed by atoms with Crippen LogP contribution in [0.1, 0.15) is 76.3 Å². The van der Waals surface area contributed by atoms with Crippen molar-refractivity contribution in [2.45, 2.75) is 84.6 Å². The average molecular weight is 583 g/mol. The van der Waals surface area contributed by atoms with Crippen molar-refractivity contribution in [3.8, 4) is 20.3 Å². The van der Waals surface area contributed by atoms with Crippen molar-refractivity contribution in [2.24, 2.45) is 0 Å². The van der Waals surface area contributed by atoms with Gasteiger partial charge in [0.1, 0.15) is 5.69 Å². The highest BCUT2D eigenvalue weighted by atomic mass is 79.9. The Morgan fingerprint density at radius 1 is 0.857 bits per heavy atom. The molecule has 0 aromatic carbocycles. The summed E-state index contributed by atoms with van der Waals surface area (Å²) in [7, 11) is 1.69. The number of aryl methyl sites for hydroxylation is 2. The van der Waals surface area contributed by atoms with Crippen molar-refractivity contribution >= 4 is 38.6 Å². The monoisotopic (exact) mass is 581 g/mol. The van der Waals surface area contributed by atoms with Crippen LogP contribution in [0.2, 0.25) is 0 Å². The maximum atomic E-state index is 5.60. The summed E-state index contributed by atoms with van der Waals surface area (Å²) < 4.78 is 13.8. The van der Waals surface area contributed by atoms with Crippen LogP contribution in [0.3, 0.4) is 0 Å². The molecule has 0 fully saturated rings. The lowest BCUT2D eigenvalue weighted by Gasteiger charge is -2.03. The Balaban J connectivity index is 1.78. The number of ether oxygens (including phenoxy) is 2. The molecule has 3 heterocycles. The molecule has 0 saturated heterocycles. The standard InChI is InChI=1S/C27H40BrN3O2S2/c1-4-6-8-10-12-21-18-24(27-22(19-25(28)35-27)13-11-9-7-5-2)34-26(21)23-20-31(30-29-23)14-15-33-17-16-32-3/h18-20H,4-17H2,1-3H3. The molecular weight excluding hydrogens is 542 g/mol. The summed E-state index contributed by atoms with van der Waals surface area (Å²) in [5.74, 6) is 0. The van der Waals surface area contributed by atoms with Gasteiger partial charge in [0, 0.05) is 16.9 Å². The molecule has 0 atom stereocenters. The van der Waals surface area contributed by atoms with Crippen molar-refractivity contribution in [2.75, 3.05) is 26.9 Å². The van der Waals surface area contributed by atoms with Crippen LogP contribution in [0.15, 0.2) is 22.1 Å². The number of hydrogen-bond donors (Lipinski definition) is 0. The van der Waals surface area contributed by atoms with E-state index in [1.165, 1.54) is 80.9 Å². The van der Waals surface area contributed by atoms with Gasteiger partial charge in [-0.2, -0.15) is 0 Å². The van der Waals surface area contributed by atoms with Crippen molar-refractivity contribution < 1.29 is 9.47 Å². The zero-order valence-corrected chi connectivity index (χ0v) is 24.7. The van der Waals surface area contributed by atoms with E-state index in [2.05, 4.69) is 58.4 Å². The molecular formula is C27H40BrN3O2S2. The van der Waals surface area contributed by atoms with Gasteiger partial charge in [-0.1, -0.05) is 57.6 Å². The Morgan fingerprint density at radius 2 is 1.57 bits per heavy atom. The maximum absolute atomic E-state index is 5.60. The van der Waals surface area contributed by atoms with Crippen molar-refractivity contribution in [3.05, 3.63) is 33.2 Å². The van der Waals surface area contributed by atoms with E-state index in [0.29, 0.717) is 26.4 Å². The second kappa shape index (κ2) is 15.9. The predicted octanol–water partition coefficient (Wildman–Crippen LogP) is 8.41. The van der Waals surface area contributed by atoms with Gasteiger partial charge in [0.05, 0.1) is 41.2 Å². The summed E-state index contributed by atoms with van der Waals surface area (Å²) in [5.41, 5.74) is 3.86. The molecule has 0 aliphatic carbocycles. The molecule has 0 unspecified atom stereocenters. The molecule has 35 heavy (non-hydrogen) atoms. The minimum Gasteiger partial charge on any atom is -0.382 e. The van der Waals surface area contributed by atoms with E-state index in [0.717, 1.165) is 18.5 Å². The lowest BCUT2D eigenvalue weighted by molar-refractivity contribution is 0.0652. The summed E-state index contributed by atoms with van der Waals surface area (Å²) in [6.07, 6.45) is 14.5. The Kier molecular flexibility index (Phi) is 13.0. The largest absolute Gasteiger partial charge is 0.382 e. The number of rotatable bonds is 18. The van der Waals surface area contributed by atoms with E-state index >= 15 is 0 Å². The molecule has 8 heteroatoms. The maximum Gasteiger partial charge on any atom is 0.123 e. The zero-order chi connectivity index (χ0) is 24.9. The van der Waals surface area contributed by atoms with Crippen LogP contribution in [-0.4, -0.2) is 41.9 Å². The fourth-order valence-corrected chi connectivity index (χ4v) is 7.13. The van der Waals surface area contributed by atoms with Gasteiger partial charge in [0.15, 0.2) is 0 Å². The molecule has 0 saturated carbocycles. The lowest BCUT2D eigenvalue weighted by atomic mass is 10.0. The number of nitrogens with zero attached hydrogens (tertiary/aromatic N) is 3. The fraction of sp³-hybridized carbons (Fsp3) is 0.630. The molecule has 0 amide bonds. The molecule has 0 aliphatic rings. The van der Waals surface area contributed by atoms with Crippen LogP contribution < -0.4 is 0 Å². The zero-order valence-electron chi connectivity index (χ0n) is 21.5. The van der Waals surface area contributed by atoms with Gasteiger partial charge in [0.25, 0.3) is 0 Å². The Bertz CT molecular complexity index is 999. The van der Waals surface area contributed by atoms with E-state index in [4.69, 9.17) is 9.47 Å². The van der Waals surface area contributed by atoms with Gasteiger partial charge in [-0.15, -0.1) is 27.8 Å². The first-order valence-corrected chi connectivity index (χ1v) is 15.5. The third-order valence-corrected chi connectivity index (χ3v) is 9.14. The highest BCUT2D eigenvalue weighted by Gasteiger charge is 2.19. The average Bonchev–Trinajstić information content (AvgIpc) is 3.58. The molecule has 194 valence electrons. The summed E-state index contributed by atoms with van der Waals surface area (Å²) in [4.78, 5) is 4.05. The van der Waals surface area contributed by atoms with Crippen molar-refractivity contribution in [3.63, 3.8) is 0 Å². The Hall–Kier alpha value is -1.06. The van der Waals surface area contributed by atoms with Crippen molar-refractivity contribution in [1.82, 2.24) is 15.0 Å². The molecule has 3 aromatic heterocycles. The molecule has 0 radical (unpaired) electrons. The molecule has 0 spiro atoms. The number of unbranched alkanes of at least 4 members (excludes halogenated alkanes) is 6. The minimum atomic E-state index is 0.603. The third-order valence-electron chi connectivity index (χ3n) is 6.08. The van der Waals surface area contributed by atoms with Crippen LogP contribution in [0, 0.1) is 0 Å². The van der Waals surface area contributed by atoms with Crippen LogP contribution >= 0.6 is 38.6 Å². The molecule has 5 nitrogen and oxygen atoms in total. The summed E-state index contributed by atoms with van der Waals surface area (Å²) in [6.45, 7) is 7.05. The van der Waals surface area contributed by atoms with Gasteiger partial charge in [-0.3, -0.25) is 0 Å². The van der Waals surface area contributed by atoms with E-state index in [-0.39, 0.29) is 0 Å². The van der Waals surface area contributed by atoms with Crippen LogP contribution in [0.4, 0.5) is 0 Å². The van der Waals surface area contributed by atoms with Crippen molar-refractivity contribution in [1.29, 1.82) is 0 Å². The number of methoxy groups -OCH3 is 1. The number of thiophene rings is 2.